The van der Waals surface area contributed by atoms with Gasteiger partial charge in [0, 0.05) is 12.3 Å². The molecule has 1 aliphatic carbocycles. The number of ether oxygens (including phenoxy) is 1. The Morgan fingerprint density at radius 3 is 2.22 bits per heavy atom. The van der Waals surface area contributed by atoms with E-state index in [4.69, 9.17) is 33.0 Å². The maximum atomic E-state index is 14.4. The number of imide groups is 1. The SMILES string of the molecule is O=C1N(c2ccc(F)cc2)C(=O)[C@@]2(Cl)[C@@H](c3ccc(OCCO)cc3)C3=CCn4c(=O)n(-c5ccccc5)c(=O)n4[C@@H]3C[C@@]12Cl. The van der Waals surface area contributed by atoms with Crippen LogP contribution in [-0.4, -0.2) is 53.8 Å². The standard InChI is InChI=1S/C32H25Cl2FN4O6/c33-31-18-25-24(14-15-36-29(43)38(30(44)39(25)36)21-4-2-1-3-5-21)26(19-6-12-23(13-7-19)45-17-16-40)32(31,34)28(42)37(27(31)41)22-10-8-20(35)9-11-22/h1-14,25-26,40H,15-18H2/t25-,26+,31-,32+/m1/s1. The van der Waals surface area contributed by atoms with Crippen LogP contribution in [0.1, 0.15) is 23.9 Å². The fourth-order valence-electron chi connectivity index (χ4n) is 6.75. The lowest BCUT2D eigenvalue weighted by Crippen LogP contribution is -2.59. The minimum atomic E-state index is -2.08. The van der Waals surface area contributed by atoms with Gasteiger partial charge in [-0.3, -0.25) is 9.59 Å². The molecule has 1 aromatic heterocycles. The van der Waals surface area contributed by atoms with Crippen molar-refractivity contribution in [3.63, 3.8) is 0 Å². The Balaban J connectivity index is 1.43. The number of rotatable bonds is 6. The minimum absolute atomic E-state index is 0.00000282. The maximum Gasteiger partial charge on any atom is 0.352 e. The predicted molar refractivity (Wildman–Crippen MR) is 164 cm³/mol. The molecule has 0 radical (unpaired) electrons. The highest BCUT2D eigenvalue weighted by Crippen LogP contribution is 2.63. The van der Waals surface area contributed by atoms with Crippen molar-refractivity contribution >= 4 is 40.7 Å². The van der Waals surface area contributed by atoms with Gasteiger partial charge in [0.1, 0.15) is 18.2 Å². The molecular formula is C32H25Cl2FN4O6. The van der Waals surface area contributed by atoms with Crippen molar-refractivity contribution in [1.29, 1.82) is 0 Å². The Bertz CT molecular complexity index is 1990. The third kappa shape index (κ3) is 4.11. The quantitative estimate of drug-likeness (QED) is 0.194. The Morgan fingerprint density at radius 2 is 1.56 bits per heavy atom. The Labute approximate surface area is 265 Å². The van der Waals surface area contributed by atoms with Crippen LogP contribution in [0.3, 0.4) is 0 Å². The van der Waals surface area contributed by atoms with E-state index in [9.17, 15) is 23.6 Å². The van der Waals surface area contributed by atoms with Gasteiger partial charge in [-0.2, -0.15) is 0 Å². The molecule has 1 saturated carbocycles. The summed E-state index contributed by atoms with van der Waals surface area (Å²) in [5.74, 6) is -2.75. The molecule has 3 heterocycles. The zero-order valence-electron chi connectivity index (χ0n) is 23.5. The van der Waals surface area contributed by atoms with Crippen molar-refractivity contribution in [3.05, 3.63) is 123 Å². The number of aromatic nitrogens is 3. The van der Waals surface area contributed by atoms with E-state index in [1.807, 2.05) is 0 Å². The third-order valence-corrected chi connectivity index (χ3v) is 10.2. The van der Waals surface area contributed by atoms with Gasteiger partial charge in [-0.1, -0.05) is 36.4 Å². The van der Waals surface area contributed by atoms with E-state index < -0.39 is 50.7 Å². The van der Waals surface area contributed by atoms with Crippen LogP contribution in [0.2, 0.25) is 0 Å². The molecule has 7 rings (SSSR count). The Kier molecular flexibility index (Phi) is 6.88. The third-order valence-electron chi connectivity index (χ3n) is 8.75. The number of anilines is 1. The van der Waals surface area contributed by atoms with Crippen molar-refractivity contribution in [2.45, 2.75) is 34.7 Å². The molecule has 3 aromatic carbocycles. The van der Waals surface area contributed by atoms with Crippen LogP contribution in [0.5, 0.6) is 5.75 Å². The second kappa shape index (κ2) is 10.6. The number of alkyl halides is 2. The Hall–Kier alpha value is -4.45. The van der Waals surface area contributed by atoms with E-state index in [0.717, 1.165) is 21.6 Å². The number of hydrogen-bond donors (Lipinski definition) is 1. The number of benzene rings is 3. The summed E-state index contributed by atoms with van der Waals surface area (Å²) in [7, 11) is 0. The molecule has 230 valence electrons. The number of allylic oxidation sites excluding steroid dienone is 2. The molecular weight excluding hydrogens is 626 g/mol. The average molecular weight is 651 g/mol. The highest BCUT2D eigenvalue weighted by atomic mass is 35.5. The molecule has 4 atom stereocenters. The van der Waals surface area contributed by atoms with Crippen LogP contribution in [0.15, 0.2) is 100 Å². The van der Waals surface area contributed by atoms with Crippen molar-refractivity contribution < 1.29 is 23.8 Å². The summed E-state index contributed by atoms with van der Waals surface area (Å²) in [5, 5.41) is 9.15. The molecule has 13 heteroatoms. The first-order valence-corrected chi connectivity index (χ1v) is 14.9. The van der Waals surface area contributed by atoms with Gasteiger partial charge in [-0.05, 0) is 59.7 Å². The largest absolute Gasteiger partial charge is 0.491 e. The van der Waals surface area contributed by atoms with Gasteiger partial charge in [-0.25, -0.2) is 32.8 Å². The molecule has 1 saturated heterocycles. The van der Waals surface area contributed by atoms with E-state index >= 15 is 0 Å². The number of hydrogen-bond acceptors (Lipinski definition) is 6. The molecule has 2 aliphatic heterocycles. The summed E-state index contributed by atoms with van der Waals surface area (Å²) in [5.41, 5.74) is 0.305. The fourth-order valence-corrected chi connectivity index (χ4v) is 7.67. The molecule has 3 aliphatic rings. The molecule has 2 fully saturated rings. The van der Waals surface area contributed by atoms with Crippen molar-refractivity contribution in [2.24, 2.45) is 0 Å². The van der Waals surface area contributed by atoms with Crippen LogP contribution in [-0.2, 0) is 16.1 Å². The first-order valence-electron chi connectivity index (χ1n) is 14.2. The highest BCUT2D eigenvalue weighted by Gasteiger charge is 2.75. The first-order chi connectivity index (χ1) is 21.6. The second-order valence-corrected chi connectivity index (χ2v) is 12.3. The highest BCUT2D eigenvalue weighted by molar-refractivity contribution is 6.58. The number of carbonyl (C=O) groups is 2. The van der Waals surface area contributed by atoms with Gasteiger partial charge < -0.3 is 9.84 Å². The number of nitrogens with zero attached hydrogens (tertiary/aromatic N) is 4. The van der Waals surface area contributed by atoms with Crippen LogP contribution in [0, 0.1) is 5.82 Å². The fraction of sp³-hybridized carbons (Fsp3) is 0.250. The van der Waals surface area contributed by atoms with Gasteiger partial charge >= 0.3 is 11.4 Å². The van der Waals surface area contributed by atoms with Crippen molar-refractivity contribution in [2.75, 3.05) is 18.1 Å². The van der Waals surface area contributed by atoms with E-state index in [-0.39, 0.29) is 31.9 Å². The summed E-state index contributed by atoms with van der Waals surface area (Å²) in [6, 6.07) is 19.0. The number of fused-ring (bicyclic) bond motifs is 4. The van der Waals surface area contributed by atoms with E-state index in [1.165, 1.54) is 21.5 Å². The summed E-state index contributed by atoms with van der Waals surface area (Å²) >= 11 is 14.7. The molecule has 45 heavy (non-hydrogen) atoms. The number of aliphatic hydroxyl groups is 1. The average Bonchev–Trinajstić information content (AvgIpc) is 3.39. The van der Waals surface area contributed by atoms with Crippen molar-refractivity contribution in [3.8, 4) is 11.4 Å². The van der Waals surface area contributed by atoms with Crippen LogP contribution in [0.25, 0.3) is 5.69 Å². The molecule has 1 N–H and O–H groups in total. The minimum Gasteiger partial charge on any atom is -0.491 e. The first kappa shape index (κ1) is 29.3. The molecule has 0 unspecified atom stereocenters. The Morgan fingerprint density at radius 1 is 0.867 bits per heavy atom. The lowest BCUT2D eigenvalue weighted by molar-refractivity contribution is -0.122. The topological polar surface area (TPSA) is 116 Å². The molecule has 10 nitrogen and oxygen atoms in total. The summed E-state index contributed by atoms with van der Waals surface area (Å²) in [4.78, 5) is 52.9. The van der Waals surface area contributed by atoms with E-state index in [2.05, 4.69) is 0 Å². The van der Waals surface area contributed by atoms with Gasteiger partial charge in [0.05, 0.1) is 30.6 Å². The molecule has 4 aromatic rings. The molecule has 0 spiro atoms. The zero-order valence-corrected chi connectivity index (χ0v) is 25.0. The van der Waals surface area contributed by atoms with E-state index in [0.29, 0.717) is 22.6 Å². The second-order valence-electron chi connectivity index (χ2n) is 11.1. The smallest absolute Gasteiger partial charge is 0.352 e. The number of para-hydroxylation sites is 1. The number of aliphatic hydroxyl groups excluding tert-OH is 1. The number of amides is 2. The lowest BCUT2D eigenvalue weighted by Gasteiger charge is -2.49. The molecule has 0 bridgehead atoms. The van der Waals surface area contributed by atoms with Gasteiger partial charge in [-0.15, -0.1) is 23.2 Å². The van der Waals surface area contributed by atoms with Gasteiger partial charge in [0.25, 0.3) is 11.8 Å². The van der Waals surface area contributed by atoms with Crippen LogP contribution >= 0.6 is 23.2 Å². The summed E-state index contributed by atoms with van der Waals surface area (Å²) in [6.45, 7) is -0.119. The maximum absolute atomic E-state index is 14.4. The van der Waals surface area contributed by atoms with Crippen molar-refractivity contribution in [1.82, 2.24) is 13.9 Å². The summed E-state index contributed by atoms with van der Waals surface area (Å²) in [6.07, 6.45) is 1.47. The molecule has 2 amide bonds. The zero-order chi connectivity index (χ0) is 31.7. The van der Waals surface area contributed by atoms with Crippen LogP contribution in [0.4, 0.5) is 10.1 Å². The normalized spacial score (nSPS) is 25.4. The monoisotopic (exact) mass is 650 g/mol. The van der Waals surface area contributed by atoms with E-state index in [1.54, 1.807) is 60.7 Å². The van der Waals surface area contributed by atoms with Crippen LogP contribution < -0.4 is 21.0 Å². The number of halogens is 3. The van der Waals surface area contributed by atoms with Gasteiger partial charge in [0.15, 0.2) is 9.75 Å². The summed E-state index contributed by atoms with van der Waals surface area (Å²) < 4.78 is 22.9. The van der Waals surface area contributed by atoms with Gasteiger partial charge in [0.2, 0.25) is 0 Å². The predicted octanol–water partition coefficient (Wildman–Crippen LogP) is 3.51. The lowest BCUT2D eigenvalue weighted by atomic mass is 9.64. The number of carbonyl (C=O) groups excluding carboxylic acids is 2.